The van der Waals surface area contributed by atoms with E-state index < -0.39 is 18.0 Å². The van der Waals surface area contributed by atoms with E-state index in [0.29, 0.717) is 11.3 Å². The normalized spacial score (nSPS) is 11.3. The fourth-order valence-electron chi connectivity index (χ4n) is 1.90. The molecule has 1 atom stereocenters. The number of halogens is 3. The van der Waals surface area contributed by atoms with Crippen LogP contribution in [0.3, 0.4) is 0 Å². The number of carbonyl (C=O) groups is 2. The highest BCUT2D eigenvalue weighted by atomic mass is 35.5. The summed E-state index contributed by atoms with van der Waals surface area (Å²) in [5.41, 5.74) is 0.688. The number of esters is 1. The first-order valence-corrected chi connectivity index (χ1v) is 8.12. The van der Waals surface area contributed by atoms with Crippen LogP contribution in [0.25, 0.3) is 0 Å². The fourth-order valence-corrected chi connectivity index (χ4v) is 2.58. The van der Waals surface area contributed by atoms with E-state index in [1.54, 1.807) is 18.2 Å². The Balaban J connectivity index is 2.10. The lowest BCUT2D eigenvalue weighted by Gasteiger charge is -2.15. The lowest BCUT2D eigenvalue weighted by molar-refractivity contribution is -0.123. The van der Waals surface area contributed by atoms with Crippen molar-refractivity contribution in [3.05, 3.63) is 62.6 Å². The maximum atomic E-state index is 12.2. The summed E-state index contributed by atoms with van der Waals surface area (Å²) < 4.78 is 5.10. The Morgan fingerprint density at radius 3 is 2.52 bits per heavy atom. The van der Waals surface area contributed by atoms with Gasteiger partial charge in [-0.25, -0.2) is 4.79 Å². The third kappa shape index (κ3) is 4.64. The minimum atomic E-state index is -1.12. The summed E-state index contributed by atoms with van der Waals surface area (Å²) in [5, 5.41) is 11.6. The molecule has 1 N–H and O–H groups in total. The number of amides is 1. The molecule has 2 aromatic carbocycles. The number of nitrogens with zero attached hydrogens (tertiary/aromatic N) is 1. The van der Waals surface area contributed by atoms with Gasteiger partial charge in [-0.05, 0) is 37.3 Å². The SMILES string of the molecule is C[C@@H](OC(=O)c1c(Cl)ccc(Cl)c1Cl)C(=O)Nc1cccc(C#N)c1. The molecule has 0 aromatic heterocycles. The quantitative estimate of drug-likeness (QED) is 0.599. The molecule has 0 bridgehead atoms. The minimum absolute atomic E-state index is 0.0477. The molecular formula is C17H11Cl3N2O3. The molecule has 0 aliphatic heterocycles. The summed E-state index contributed by atoms with van der Waals surface area (Å²) in [6.07, 6.45) is -1.12. The number of rotatable bonds is 4. The zero-order valence-corrected chi connectivity index (χ0v) is 15.1. The van der Waals surface area contributed by atoms with E-state index in [-0.39, 0.29) is 20.6 Å². The molecule has 0 fully saturated rings. The number of benzene rings is 2. The predicted molar refractivity (Wildman–Crippen MR) is 96.1 cm³/mol. The molecule has 25 heavy (non-hydrogen) atoms. The summed E-state index contributed by atoms with van der Waals surface area (Å²) in [4.78, 5) is 24.4. The topological polar surface area (TPSA) is 79.2 Å². The van der Waals surface area contributed by atoms with Crippen LogP contribution < -0.4 is 5.32 Å². The van der Waals surface area contributed by atoms with E-state index in [9.17, 15) is 9.59 Å². The number of ether oxygens (including phenoxy) is 1. The molecule has 0 spiro atoms. The van der Waals surface area contributed by atoms with E-state index >= 15 is 0 Å². The molecule has 8 heteroatoms. The van der Waals surface area contributed by atoms with Crippen molar-refractivity contribution in [2.24, 2.45) is 0 Å². The van der Waals surface area contributed by atoms with E-state index in [1.807, 2.05) is 6.07 Å². The summed E-state index contributed by atoms with van der Waals surface area (Å²) in [5.74, 6) is -1.44. The highest BCUT2D eigenvalue weighted by Crippen LogP contribution is 2.32. The molecule has 1 amide bonds. The molecule has 0 saturated heterocycles. The van der Waals surface area contributed by atoms with Gasteiger partial charge in [-0.2, -0.15) is 5.26 Å². The lowest BCUT2D eigenvalue weighted by atomic mass is 10.2. The van der Waals surface area contributed by atoms with Gasteiger partial charge in [0, 0.05) is 5.69 Å². The van der Waals surface area contributed by atoms with Crippen LogP contribution >= 0.6 is 34.8 Å². The fraction of sp³-hybridized carbons (Fsp3) is 0.118. The molecule has 2 aromatic rings. The van der Waals surface area contributed by atoms with Crippen molar-refractivity contribution in [3.8, 4) is 6.07 Å². The van der Waals surface area contributed by atoms with Gasteiger partial charge in [-0.15, -0.1) is 0 Å². The van der Waals surface area contributed by atoms with Crippen molar-refractivity contribution < 1.29 is 14.3 Å². The van der Waals surface area contributed by atoms with Gasteiger partial charge in [-0.1, -0.05) is 40.9 Å². The number of nitriles is 1. The van der Waals surface area contributed by atoms with Gasteiger partial charge < -0.3 is 10.1 Å². The third-order valence-corrected chi connectivity index (χ3v) is 4.28. The largest absolute Gasteiger partial charge is 0.449 e. The first-order chi connectivity index (χ1) is 11.8. The first kappa shape index (κ1) is 19.1. The van der Waals surface area contributed by atoms with Crippen molar-refractivity contribution in [1.29, 1.82) is 5.26 Å². The molecule has 5 nitrogen and oxygen atoms in total. The van der Waals surface area contributed by atoms with Crippen LogP contribution in [-0.2, 0) is 9.53 Å². The Kier molecular flexibility index (Phi) is 6.27. The van der Waals surface area contributed by atoms with Crippen LogP contribution in [-0.4, -0.2) is 18.0 Å². The summed E-state index contributed by atoms with van der Waals surface area (Å²) in [6, 6.07) is 11.1. The van der Waals surface area contributed by atoms with E-state index in [2.05, 4.69) is 5.32 Å². The molecule has 0 saturated carbocycles. The number of nitrogens with one attached hydrogen (secondary N) is 1. The van der Waals surface area contributed by atoms with Gasteiger partial charge in [-0.3, -0.25) is 4.79 Å². The van der Waals surface area contributed by atoms with Gasteiger partial charge >= 0.3 is 5.97 Å². The smallest absolute Gasteiger partial charge is 0.342 e. The third-order valence-electron chi connectivity index (χ3n) is 3.16. The minimum Gasteiger partial charge on any atom is -0.449 e. The molecule has 0 radical (unpaired) electrons. The number of hydrogen-bond donors (Lipinski definition) is 1. The zero-order valence-electron chi connectivity index (χ0n) is 12.8. The highest BCUT2D eigenvalue weighted by molar-refractivity contribution is 6.46. The molecule has 0 unspecified atom stereocenters. The Morgan fingerprint density at radius 2 is 1.84 bits per heavy atom. The average molecular weight is 398 g/mol. The first-order valence-electron chi connectivity index (χ1n) is 6.99. The van der Waals surface area contributed by atoms with Crippen molar-refractivity contribution in [3.63, 3.8) is 0 Å². The van der Waals surface area contributed by atoms with Crippen molar-refractivity contribution in [2.75, 3.05) is 5.32 Å². The van der Waals surface area contributed by atoms with Crippen LogP contribution in [0.4, 0.5) is 5.69 Å². The Labute approximate surface area is 159 Å². The maximum absolute atomic E-state index is 12.2. The van der Waals surface area contributed by atoms with E-state index in [1.165, 1.54) is 25.1 Å². The van der Waals surface area contributed by atoms with Gasteiger partial charge in [0.1, 0.15) is 0 Å². The summed E-state index contributed by atoms with van der Waals surface area (Å²) in [7, 11) is 0. The van der Waals surface area contributed by atoms with E-state index in [4.69, 9.17) is 44.8 Å². The predicted octanol–water partition coefficient (Wildman–Crippen LogP) is 4.70. The molecule has 128 valence electrons. The standard InChI is InChI=1S/C17H11Cl3N2O3/c1-9(16(23)22-11-4-2-3-10(7-11)8-21)25-17(24)14-12(18)5-6-13(19)15(14)20/h2-7,9H,1H3,(H,22,23)/t9-/m1/s1. The lowest BCUT2D eigenvalue weighted by Crippen LogP contribution is -2.30. The van der Waals surface area contributed by atoms with Gasteiger partial charge in [0.2, 0.25) is 0 Å². The second kappa shape index (κ2) is 8.21. The van der Waals surface area contributed by atoms with Crippen LogP contribution in [0, 0.1) is 11.3 Å². The molecule has 2 rings (SSSR count). The molecule has 0 heterocycles. The van der Waals surface area contributed by atoms with Gasteiger partial charge in [0.15, 0.2) is 6.10 Å². The number of carbonyl (C=O) groups excluding carboxylic acids is 2. The Bertz CT molecular complexity index is 878. The average Bonchev–Trinajstić information content (AvgIpc) is 2.58. The van der Waals surface area contributed by atoms with E-state index in [0.717, 1.165) is 0 Å². The molecule has 0 aliphatic carbocycles. The highest BCUT2D eigenvalue weighted by Gasteiger charge is 2.24. The maximum Gasteiger partial charge on any atom is 0.342 e. The van der Waals surface area contributed by atoms with Crippen LogP contribution in [0.5, 0.6) is 0 Å². The Hall–Kier alpha value is -2.26. The van der Waals surface area contributed by atoms with Gasteiger partial charge in [0.25, 0.3) is 5.91 Å². The van der Waals surface area contributed by atoms with Crippen LogP contribution in [0.15, 0.2) is 36.4 Å². The molecule has 0 aliphatic rings. The summed E-state index contributed by atoms with van der Waals surface area (Å²) in [6.45, 7) is 1.40. The zero-order chi connectivity index (χ0) is 18.6. The molecular weight excluding hydrogens is 387 g/mol. The second-order valence-electron chi connectivity index (χ2n) is 4.95. The van der Waals surface area contributed by atoms with Crippen LogP contribution in [0.2, 0.25) is 15.1 Å². The van der Waals surface area contributed by atoms with Crippen molar-refractivity contribution in [1.82, 2.24) is 0 Å². The van der Waals surface area contributed by atoms with Crippen LogP contribution in [0.1, 0.15) is 22.8 Å². The number of hydrogen-bond acceptors (Lipinski definition) is 4. The Morgan fingerprint density at radius 1 is 1.16 bits per heavy atom. The summed E-state index contributed by atoms with van der Waals surface area (Å²) >= 11 is 17.8. The number of anilines is 1. The van der Waals surface area contributed by atoms with Crippen molar-refractivity contribution >= 4 is 52.4 Å². The second-order valence-corrected chi connectivity index (χ2v) is 6.14. The van der Waals surface area contributed by atoms with Gasteiger partial charge in [0.05, 0.1) is 32.3 Å². The van der Waals surface area contributed by atoms with Crippen molar-refractivity contribution in [2.45, 2.75) is 13.0 Å². The monoisotopic (exact) mass is 396 g/mol.